The van der Waals surface area contributed by atoms with E-state index in [2.05, 4.69) is 32.9 Å². The first-order valence-electron chi connectivity index (χ1n) is 2.12. The number of rotatable bonds is 1. The summed E-state index contributed by atoms with van der Waals surface area (Å²) < 4.78 is 0. The second-order valence-electron chi connectivity index (χ2n) is 0.542. The SMILES string of the molecule is C=C.C=C.C=CC(=O)O. The van der Waals surface area contributed by atoms with Gasteiger partial charge in [-0.05, 0) is 0 Å². The van der Waals surface area contributed by atoms with E-state index in [4.69, 9.17) is 5.11 Å². The normalized spacial score (nSPS) is 4.44. The Balaban J connectivity index is -0.0000000771. The van der Waals surface area contributed by atoms with Gasteiger partial charge in [0.15, 0.2) is 0 Å². The third-order valence-corrected chi connectivity index (χ3v) is 0.175. The summed E-state index contributed by atoms with van der Waals surface area (Å²) >= 11 is 0. The molecule has 0 radical (unpaired) electrons. The molecule has 0 rings (SSSR count). The van der Waals surface area contributed by atoms with Crippen LogP contribution >= 0.6 is 0 Å². The minimum absolute atomic E-state index is 0.833. The Morgan fingerprint density at radius 2 is 1.33 bits per heavy atom. The Hall–Kier alpha value is -1.31. The molecule has 0 aliphatic rings. The van der Waals surface area contributed by atoms with Gasteiger partial charge in [0, 0.05) is 6.08 Å². The highest BCUT2D eigenvalue weighted by Gasteiger charge is 1.73. The van der Waals surface area contributed by atoms with Gasteiger partial charge in [-0.15, -0.1) is 26.3 Å². The van der Waals surface area contributed by atoms with Crippen molar-refractivity contribution in [2.75, 3.05) is 0 Å². The highest BCUT2D eigenvalue weighted by molar-refractivity contribution is 5.78. The van der Waals surface area contributed by atoms with Gasteiger partial charge in [-0.2, -0.15) is 0 Å². The van der Waals surface area contributed by atoms with Crippen LogP contribution in [-0.4, -0.2) is 11.1 Å². The van der Waals surface area contributed by atoms with Gasteiger partial charge in [0.25, 0.3) is 0 Å². The predicted octanol–water partition coefficient (Wildman–Crippen LogP) is 1.86. The molecule has 0 aliphatic heterocycles. The minimum Gasteiger partial charge on any atom is -0.478 e. The van der Waals surface area contributed by atoms with Crippen molar-refractivity contribution in [3.05, 3.63) is 39.0 Å². The Bertz CT molecular complexity index is 75.0. The molecule has 2 nitrogen and oxygen atoms in total. The molecule has 0 spiro atoms. The smallest absolute Gasteiger partial charge is 0.327 e. The maximum atomic E-state index is 9.25. The molecule has 0 amide bonds. The summed E-state index contributed by atoms with van der Waals surface area (Å²) in [5.41, 5.74) is 0. The van der Waals surface area contributed by atoms with Crippen LogP contribution in [0.5, 0.6) is 0 Å². The van der Waals surface area contributed by atoms with Crippen LogP contribution in [0.3, 0.4) is 0 Å². The van der Waals surface area contributed by atoms with Gasteiger partial charge in [0.05, 0.1) is 0 Å². The van der Waals surface area contributed by atoms with E-state index in [-0.39, 0.29) is 0 Å². The van der Waals surface area contributed by atoms with Crippen LogP contribution in [0, 0.1) is 0 Å². The maximum Gasteiger partial charge on any atom is 0.327 e. The number of hydrogen-bond acceptors (Lipinski definition) is 1. The first-order valence-corrected chi connectivity index (χ1v) is 2.12. The molecule has 0 saturated heterocycles. The molecule has 2 heteroatoms. The number of carboxylic acid groups (broad SMARTS) is 1. The van der Waals surface area contributed by atoms with Crippen molar-refractivity contribution in [2.45, 2.75) is 0 Å². The molecule has 52 valence electrons. The fourth-order valence-electron chi connectivity index (χ4n) is 0. The lowest BCUT2D eigenvalue weighted by molar-refractivity contribution is -0.131. The molecular formula is C7H12O2. The molecule has 0 atom stereocenters. The van der Waals surface area contributed by atoms with E-state index in [0.717, 1.165) is 6.08 Å². The van der Waals surface area contributed by atoms with E-state index in [1.165, 1.54) is 0 Å². The number of hydrogen-bond donors (Lipinski definition) is 1. The molecule has 0 aliphatic carbocycles. The lowest BCUT2D eigenvalue weighted by atomic mass is 10.7. The lowest BCUT2D eigenvalue weighted by Crippen LogP contribution is -1.82. The van der Waals surface area contributed by atoms with Gasteiger partial charge in [-0.3, -0.25) is 0 Å². The fourth-order valence-corrected chi connectivity index (χ4v) is 0. The van der Waals surface area contributed by atoms with Gasteiger partial charge < -0.3 is 5.11 Å². The van der Waals surface area contributed by atoms with Gasteiger partial charge in [0.2, 0.25) is 0 Å². The summed E-state index contributed by atoms with van der Waals surface area (Å²) in [7, 11) is 0. The Morgan fingerprint density at radius 1 is 1.22 bits per heavy atom. The van der Waals surface area contributed by atoms with Crippen molar-refractivity contribution >= 4 is 5.97 Å². The monoisotopic (exact) mass is 128 g/mol. The van der Waals surface area contributed by atoms with Crippen molar-refractivity contribution in [1.29, 1.82) is 0 Å². The van der Waals surface area contributed by atoms with Crippen molar-refractivity contribution in [1.82, 2.24) is 0 Å². The third-order valence-electron chi connectivity index (χ3n) is 0.175. The Kier molecular flexibility index (Phi) is 52.0. The van der Waals surface area contributed by atoms with E-state index >= 15 is 0 Å². The fraction of sp³-hybridized carbons (Fsp3) is 0. The van der Waals surface area contributed by atoms with Crippen molar-refractivity contribution < 1.29 is 9.90 Å². The van der Waals surface area contributed by atoms with Crippen LogP contribution in [0.25, 0.3) is 0 Å². The zero-order chi connectivity index (χ0) is 8.28. The Morgan fingerprint density at radius 3 is 1.33 bits per heavy atom. The van der Waals surface area contributed by atoms with Gasteiger partial charge >= 0.3 is 5.97 Å². The van der Waals surface area contributed by atoms with Crippen LogP contribution in [-0.2, 0) is 4.79 Å². The molecular weight excluding hydrogens is 116 g/mol. The second-order valence-corrected chi connectivity index (χ2v) is 0.542. The molecule has 0 bridgehead atoms. The highest BCUT2D eigenvalue weighted by atomic mass is 16.4. The molecule has 0 fully saturated rings. The molecule has 1 N–H and O–H groups in total. The second kappa shape index (κ2) is 29.9. The number of carboxylic acids is 1. The molecule has 0 unspecified atom stereocenters. The number of carbonyl (C=O) groups is 1. The van der Waals surface area contributed by atoms with Crippen LogP contribution < -0.4 is 0 Å². The summed E-state index contributed by atoms with van der Waals surface area (Å²) in [6, 6.07) is 0. The standard InChI is InChI=1S/C3H4O2.2C2H4/c1-2-3(4)5;2*1-2/h2H,1H2,(H,4,5);2*1-2H2. The first-order chi connectivity index (χ1) is 4.27. The average Bonchev–Trinajstić information content (AvgIpc) is 1.97. The molecule has 0 aromatic heterocycles. The van der Waals surface area contributed by atoms with Gasteiger partial charge in [0.1, 0.15) is 0 Å². The van der Waals surface area contributed by atoms with Gasteiger partial charge in [-0.1, -0.05) is 6.58 Å². The molecule has 0 aromatic rings. The van der Waals surface area contributed by atoms with E-state index in [1.807, 2.05) is 0 Å². The first kappa shape index (κ1) is 15.6. The maximum absolute atomic E-state index is 9.25. The zero-order valence-corrected chi connectivity index (χ0v) is 5.47. The zero-order valence-electron chi connectivity index (χ0n) is 5.47. The van der Waals surface area contributed by atoms with Crippen LogP contribution in [0.2, 0.25) is 0 Å². The number of aliphatic carboxylic acids is 1. The minimum atomic E-state index is -0.981. The molecule has 0 aromatic carbocycles. The van der Waals surface area contributed by atoms with Gasteiger partial charge in [-0.25, -0.2) is 4.79 Å². The van der Waals surface area contributed by atoms with Crippen LogP contribution in [0.15, 0.2) is 39.0 Å². The molecule has 9 heavy (non-hydrogen) atoms. The van der Waals surface area contributed by atoms with Crippen LogP contribution in [0.1, 0.15) is 0 Å². The summed E-state index contributed by atoms with van der Waals surface area (Å²) in [6.07, 6.45) is 0.833. The average molecular weight is 128 g/mol. The van der Waals surface area contributed by atoms with E-state index in [1.54, 1.807) is 0 Å². The topological polar surface area (TPSA) is 37.3 Å². The summed E-state index contributed by atoms with van der Waals surface area (Å²) in [6.45, 7) is 15.0. The summed E-state index contributed by atoms with van der Waals surface area (Å²) in [5, 5.41) is 7.60. The summed E-state index contributed by atoms with van der Waals surface area (Å²) in [4.78, 5) is 9.25. The van der Waals surface area contributed by atoms with Crippen molar-refractivity contribution in [3.8, 4) is 0 Å². The van der Waals surface area contributed by atoms with Crippen molar-refractivity contribution in [3.63, 3.8) is 0 Å². The Labute approximate surface area is 55.8 Å². The predicted molar refractivity (Wildman–Crippen MR) is 40.3 cm³/mol. The molecule has 0 heterocycles. The largest absolute Gasteiger partial charge is 0.478 e. The highest BCUT2D eigenvalue weighted by Crippen LogP contribution is 1.54. The molecule has 0 saturated carbocycles. The van der Waals surface area contributed by atoms with E-state index in [0.29, 0.717) is 0 Å². The van der Waals surface area contributed by atoms with Crippen molar-refractivity contribution in [2.24, 2.45) is 0 Å². The quantitative estimate of drug-likeness (QED) is 0.432. The lowest BCUT2D eigenvalue weighted by Gasteiger charge is -1.64. The summed E-state index contributed by atoms with van der Waals surface area (Å²) in [5.74, 6) is -0.981. The third kappa shape index (κ3) is 309. The van der Waals surface area contributed by atoms with E-state index < -0.39 is 5.97 Å². The van der Waals surface area contributed by atoms with Crippen LogP contribution in [0.4, 0.5) is 0 Å². The van der Waals surface area contributed by atoms with E-state index in [9.17, 15) is 4.79 Å².